The average Bonchev–Trinajstić information content (AvgIpc) is 3.22. The molecule has 0 bridgehead atoms. The molecule has 0 spiro atoms. The summed E-state index contributed by atoms with van der Waals surface area (Å²) in [5.74, 6) is 1.70. The van der Waals surface area contributed by atoms with E-state index in [-0.39, 0.29) is 24.5 Å². The molecule has 30 heavy (non-hydrogen) atoms. The maximum absolute atomic E-state index is 12.4. The van der Waals surface area contributed by atoms with E-state index in [1.165, 1.54) is 6.20 Å². The second-order valence-electron chi connectivity index (χ2n) is 7.33. The lowest BCUT2D eigenvalue weighted by Gasteiger charge is -2.31. The van der Waals surface area contributed by atoms with Crippen LogP contribution in [0.2, 0.25) is 5.02 Å². The van der Waals surface area contributed by atoms with Gasteiger partial charge >= 0.3 is 0 Å². The Hall–Kier alpha value is -2.84. The maximum atomic E-state index is 12.4. The lowest BCUT2D eigenvalue weighted by Crippen LogP contribution is -2.39. The van der Waals surface area contributed by atoms with Gasteiger partial charge in [-0.3, -0.25) is 9.59 Å². The zero-order valence-electron chi connectivity index (χ0n) is 16.4. The van der Waals surface area contributed by atoms with E-state index in [0.29, 0.717) is 41.0 Å². The Kier molecular flexibility index (Phi) is 6.35. The van der Waals surface area contributed by atoms with Crippen molar-refractivity contribution in [2.75, 3.05) is 37.1 Å². The number of aromatic nitrogens is 1. The molecule has 1 fully saturated rings. The molecule has 8 nitrogen and oxygen atoms in total. The number of benzene rings is 1. The highest BCUT2D eigenvalue weighted by molar-refractivity contribution is 6.30. The standard InChI is InChI=1S/C21H23ClN4O4/c22-15-1-4-19(23-12-15)25-21(28)14-5-8-26(9-6-14)10-7-20(27)24-16-2-3-17-18(11-16)30-13-29-17/h1-4,11-12,14H,5-10,13H2,(H,24,27)(H,23,25,28). The fraction of sp³-hybridized carbons (Fsp3) is 0.381. The molecular formula is C21H23ClN4O4. The summed E-state index contributed by atoms with van der Waals surface area (Å²) in [5.41, 5.74) is 0.690. The number of anilines is 2. The second kappa shape index (κ2) is 9.32. The topological polar surface area (TPSA) is 92.8 Å². The van der Waals surface area contributed by atoms with Crippen LogP contribution in [-0.2, 0) is 9.59 Å². The molecule has 4 rings (SSSR count). The van der Waals surface area contributed by atoms with Crippen molar-refractivity contribution >= 4 is 34.9 Å². The van der Waals surface area contributed by atoms with Crippen molar-refractivity contribution in [1.29, 1.82) is 0 Å². The third kappa shape index (κ3) is 5.20. The minimum absolute atomic E-state index is 0.0231. The van der Waals surface area contributed by atoms with Crippen LogP contribution in [0.25, 0.3) is 0 Å². The van der Waals surface area contributed by atoms with Gasteiger partial charge in [0.25, 0.3) is 0 Å². The van der Waals surface area contributed by atoms with Crippen molar-refractivity contribution in [2.45, 2.75) is 19.3 Å². The van der Waals surface area contributed by atoms with E-state index in [1.54, 1.807) is 30.3 Å². The number of ether oxygens (including phenoxy) is 2. The number of hydrogen-bond acceptors (Lipinski definition) is 6. The van der Waals surface area contributed by atoms with Crippen molar-refractivity contribution < 1.29 is 19.1 Å². The molecule has 0 aliphatic carbocycles. The summed E-state index contributed by atoms with van der Waals surface area (Å²) in [6.07, 6.45) is 3.40. The van der Waals surface area contributed by atoms with Gasteiger partial charge in [0, 0.05) is 36.8 Å². The first-order valence-electron chi connectivity index (χ1n) is 9.91. The Balaban J connectivity index is 1.18. The summed E-state index contributed by atoms with van der Waals surface area (Å²) >= 11 is 5.81. The number of hydrogen-bond donors (Lipinski definition) is 2. The fourth-order valence-electron chi connectivity index (χ4n) is 3.55. The Morgan fingerprint density at radius 1 is 1.10 bits per heavy atom. The Morgan fingerprint density at radius 3 is 2.67 bits per heavy atom. The monoisotopic (exact) mass is 430 g/mol. The van der Waals surface area contributed by atoms with Gasteiger partial charge in [0.15, 0.2) is 11.5 Å². The minimum atomic E-state index is -0.0545. The van der Waals surface area contributed by atoms with Gasteiger partial charge in [-0.15, -0.1) is 0 Å². The molecule has 0 saturated carbocycles. The first kappa shape index (κ1) is 20.4. The van der Waals surface area contributed by atoms with Crippen molar-refractivity contribution in [3.63, 3.8) is 0 Å². The minimum Gasteiger partial charge on any atom is -0.454 e. The van der Waals surface area contributed by atoms with Gasteiger partial charge in [0.1, 0.15) is 5.82 Å². The maximum Gasteiger partial charge on any atom is 0.231 e. The Morgan fingerprint density at radius 2 is 1.90 bits per heavy atom. The van der Waals surface area contributed by atoms with Crippen LogP contribution >= 0.6 is 11.6 Å². The van der Waals surface area contributed by atoms with Gasteiger partial charge in [-0.1, -0.05) is 11.6 Å². The quantitative estimate of drug-likeness (QED) is 0.731. The highest BCUT2D eigenvalue weighted by Gasteiger charge is 2.25. The van der Waals surface area contributed by atoms with Crippen molar-refractivity contribution in [1.82, 2.24) is 9.88 Å². The van der Waals surface area contributed by atoms with Gasteiger partial charge in [0.2, 0.25) is 18.6 Å². The number of halogens is 1. The van der Waals surface area contributed by atoms with Crippen molar-refractivity contribution in [3.8, 4) is 11.5 Å². The van der Waals surface area contributed by atoms with Crippen LogP contribution in [-0.4, -0.2) is 48.1 Å². The summed E-state index contributed by atoms with van der Waals surface area (Å²) in [7, 11) is 0. The van der Waals surface area contributed by atoms with Crippen LogP contribution in [0.4, 0.5) is 11.5 Å². The lowest BCUT2D eigenvalue weighted by atomic mass is 9.96. The smallest absolute Gasteiger partial charge is 0.231 e. The van der Waals surface area contributed by atoms with Crippen LogP contribution in [0.1, 0.15) is 19.3 Å². The highest BCUT2D eigenvalue weighted by Crippen LogP contribution is 2.34. The van der Waals surface area contributed by atoms with E-state index in [2.05, 4.69) is 20.5 Å². The predicted octanol–water partition coefficient (Wildman–Crippen LogP) is 3.14. The number of fused-ring (bicyclic) bond motifs is 1. The molecule has 0 radical (unpaired) electrons. The van der Waals surface area contributed by atoms with Crippen molar-refractivity contribution in [3.05, 3.63) is 41.6 Å². The zero-order chi connectivity index (χ0) is 20.9. The van der Waals surface area contributed by atoms with Crippen LogP contribution in [0.3, 0.4) is 0 Å². The van der Waals surface area contributed by atoms with E-state index in [4.69, 9.17) is 21.1 Å². The van der Waals surface area contributed by atoms with Gasteiger partial charge in [0.05, 0.1) is 5.02 Å². The van der Waals surface area contributed by atoms with E-state index in [0.717, 1.165) is 25.9 Å². The zero-order valence-corrected chi connectivity index (χ0v) is 17.2. The van der Waals surface area contributed by atoms with Gasteiger partial charge < -0.3 is 25.0 Å². The summed E-state index contributed by atoms with van der Waals surface area (Å²) in [4.78, 5) is 31.0. The molecule has 2 aromatic rings. The molecule has 0 unspecified atom stereocenters. The molecule has 2 amide bonds. The molecule has 3 heterocycles. The average molecular weight is 431 g/mol. The molecule has 9 heteroatoms. The van der Waals surface area contributed by atoms with E-state index in [1.807, 2.05) is 0 Å². The number of piperidine rings is 1. The first-order valence-corrected chi connectivity index (χ1v) is 10.3. The number of rotatable bonds is 6. The van der Waals surface area contributed by atoms with Crippen LogP contribution in [0.15, 0.2) is 36.5 Å². The van der Waals surface area contributed by atoms with Gasteiger partial charge in [-0.2, -0.15) is 0 Å². The molecule has 1 aromatic heterocycles. The molecule has 2 aliphatic rings. The molecule has 0 atom stereocenters. The molecule has 2 N–H and O–H groups in total. The number of likely N-dealkylation sites (tertiary alicyclic amines) is 1. The summed E-state index contributed by atoms with van der Waals surface area (Å²) in [5, 5.41) is 6.26. The predicted molar refractivity (Wildman–Crippen MR) is 113 cm³/mol. The normalized spacial score (nSPS) is 16.3. The summed E-state index contributed by atoms with van der Waals surface area (Å²) in [6.45, 7) is 2.42. The largest absolute Gasteiger partial charge is 0.454 e. The summed E-state index contributed by atoms with van der Waals surface area (Å²) < 4.78 is 10.6. The lowest BCUT2D eigenvalue weighted by molar-refractivity contribution is -0.121. The Labute approximate surface area is 179 Å². The molecule has 158 valence electrons. The summed E-state index contributed by atoms with van der Waals surface area (Å²) in [6, 6.07) is 8.73. The van der Waals surface area contributed by atoms with E-state index in [9.17, 15) is 9.59 Å². The number of pyridine rings is 1. The number of carbonyl (C=O) groups is 2. The van der Waals surface area contributed by atoms with Gasteiger partial charge in [-0.05, 0) is 50.2 Å². The van der Waals surface area contributed by atoms with Crippen molar-refractivity contribution in [2.24, 2.45) is 5.92 Å². The third-order valence-corrected chi connectivity index (χ3v) is 5.47. The molecule has 2 aliphatic heterocycles. The highest BCUT2D eigenvalue weighted by atomic mass is 35.5. The number of nitrogens with one attached hydrogen (secondary N) is 2. The van der Waals surface area contributed by atoms with Crippen LogP contribution in [0, 0.1) is 5.92 Å². The molecule has 1 saturated heterocycles. The molecular weight excluding hydrogens is 408 g/mol. The molecule has 1 aromatic carbocycles. The number of carbonyl (C=O) groups excluding carboxylic acids is 2. The van der Waals surface area contributed by atoms with E-state index < -0.39 is 0 Å². The fourth-order valence-corrected chi connectivity index (χ4v) is 3.67. The first-order chi connectivity index (χ1) is 14.6. The van der Waals surface area contributed by atoms with Crippen LogP contribution < -0.4 is 20.1 Å². The van der Waals surface area contributed by atoms with Gasteiger partial charge in [-0.25, -0.2) is 4.98 Å². The third-order valence-electron chi connectivity index (χ3n) is 5.25. The number of nitrogens with zero attached hydrogens (tertiary/aromatic N) is 2. The Bertz CT molecular complexity index is 914. The van der Waals surface area contributed by atoms with Crippen LogP contribution in [0.5, 0.6) is 11.5 Å². The number of amides is 2. The second-order valence-corrected chi connectivity index (χ2v) is 7.77. The SMILES string of the molecule is O=C(CCN1CCC(C(=O)Nc2ccc(Cl)cn2)CC1)Nc1ccc2c(c1)OCO2. The van der Waals surface area contributed by atoms with E-state index >= 15 is 0 Å².